The number of hydrogen-bond acceptors (Lipinski definition) is 2. The third kappa shape index (κ3) is 1.07. The molecular formula is C8H12N4OS. The van der Waals surface area contributed by atoms with E-state index >= 15 is 0 Å². The SMILES string of the molecule is CCn1c(=O)n(CC)c2[nH]c(=S)[nH]c21. The van der Waals surface area contributed by atoms with Gasteiger partial charge < -0.3 is 9.97 Å². The third-order valence-electron chi connectivity index (χ3n) is 2.32. The lowest BCUT2D eigenvalue weighted by Crippen LogP contribution is -2.23. The van der Waals surface area contributed by atoms with Crippen LogP contribution in [-0.4, -0.2) is 19.1 Å². The van der Waals surface area contributed by atoms with Crippen LogP contribution in [0.1, 0.15) is 13.8 Å². The molecule has 2 N–H and O–H groups in total. The lowest BCUT2D eigenvalue weighted by molar-refractivity contribution is 0.663. The van der Waals surface area contributed by atoms with Gasteiger partial charge in [0.2, 0.25) is 0 Å². The molecule has 5 nitrogen and oxygen atoms in total. The molecule has 0 aliphatic rings. The molecule has 2 aromatic rings. The lowest BCUT2D eigenvalue weighted by Gasteiger charge is -1.94. The molecule has 0 aliphatic heterocycles. The summed E-state index contributed by atoms with van der Waals surface area (Å²) in [4.78, 5) is 17.7. The van der Waals surface area contributed by atoms with Crippen molar-refractivity contribution in [2.45, 2.75) is 26.9 Å². The Bertz CT molecular complexity index is 525. The van der Waals surface area contributed by atoms with E-state index < -0.39 is 0 Å². The molecule has 0 saturated heterocycles. The second-order valence-electron chi connectivity index (χ2n) is 3.05. The summed E-state index contributed by atoms with van der Waals surface area (Å²) in [6.45, 7) is 5.16. The van der Waals surface area contributed by atoms with E-state index in [4.69, 9.17) is 12.2 Å². The highest BCUT2D eigenvalue weighted by Gasteiger charge is 2.12. The summed E-state index contributed by atoms with van der Waals surface area (Å²) in [6.07, 6.45) is 0. The first-order chi connectivity index (χ1) is 6.69. The summed E-state index contributed by atoms with van der Waals surface area (Å²) in [7, 11) is 0. The molecular weight excluding hydrogens is 200 g/mol. The second kappa shape index (κ2) is 3.13. The van der Waals surface area contributed by atoms with Crippen molar-refractivity contribution >= 4 is 23.5 Å². The van der Waals surface area contributed by atoms with Crippen molar-refractivity contribution in [1.29, 1.82) is 0 Å². The Morgan fingerprint density at radius 3 is 1.93 bits per heavy atom. The van der Waals surface area contributed by atoms with Crippen LogP contribution in [0.15, 0.2) is 4.79 Å². The monoisotopic (exact) mass is 212 g/mol. The van der Waals surface area contributed by atoms with Gasteiger partial charge in [0, 0.05) is 13.1 Å². The van der Waals surface area contributed by atoms with E-state index in [1.54, 1.807) is 9.13 Å². The molecule has 0 aliphatic carbocycles. The summed E-state index contributed by atoms with van der Waals surface area (Å²) in [5.74, 6) is 0. The van der Waals surface area contributed by atoms with Crippen molar-refractivity contribution < 1.29 is 0 Å². The molecule has 2 rings (SSSR count). The Kier molecular flexibility index (Phi) is 2.07. The summed E-state index contributed by atoms with van der Waals surface area (Å²) in [6, 6.07) is 0. The van der Waals surface area contributed by atoms with Gasteiger partial charge >= 0.3 is 5.69 Å². The van der Waals surface area contributed by atoms with Crippen LogP contribution in [0.5, 0.6) is 0 Å². The van der Waals surface area contributed by atoms with Crippen LogP contribution in [0, 0.1) is 4.77 Å². The van der Waals surface area contributed by atoms with Gasteiger partial charge in [0.15, 0.2) is 16.1 Å². The molecule has 2 aromatic heterocycles. The molecule has 0 bridgehead atoms. The summed E-state index contributed by atoms with van der Waals surface area (Å²) in [5, 5.41) is 0. The maximum atomic E-state index is 11.8. The average molecular weight is 212 g/mol. The van der Waals surface area contributed by atoms with E-state index in [0.29, 0.717) is 17.9 Å². The minimum atomic E-state index is 0.00231. The largest absolute Gasteiger partial charge is 0.331 e. The van der Waals surface area contributed by atoms with Crippen LogP contribution in [0.3, 0.4) is 0 Å². The van der Waals surface area contributed by atoms with E-state index in [9.17, 15) is 4.79 Å². The highest BCUT2D eigenvalue weighted by Crippen LogP contribution is 2.07. The summed E-state index contributed by atoms with van der Waals surface area (Å²) < 4.78 is 3.90. The van der Waals surface area contributed by atoms with Crippen molar-refractivity contribution in [2.24, 2.45) is 0 Å². The Balaban J connectivity index is 2.96. The normalized spacial score (nSPS) is 11.3. The maximum Gasteiger partial charge on any atom is 0.331 e. The zero-order chi connectivity index (χ0) is 10.3. The fourth-order valence-electron chi connectivity index (χ4n) is 1.68. The number of aromatic nitrogens is 4. The van der Waals surface area contributed by atoms with Crippen LogP contribution in [0.4, 0.5) is 0 Å². The molecule has 0 aromatic carbocycles. The molecule has 0 unspecified atom stereocenters. The van der Waals surface area contributed by atoms with Gasteiger partial charge in [-0.15, -0.1) is 0 Å². The molecule has 0 radical (unpaired) electrons. The second-order valence-corrected chi connectivity index (χ2v) is 3.46. The minimum Gasteiger partial charge on any atom is -0.315 e. The molecule has 0 saturated carbocycles. The van der Waals surface area contributed by atoms with E-state index in [1.807, 2.05) is 13.8 Å². The number of nitrogens with one attached hydrogen (secondary N) is 2. The quantitative estimate of drug-likeness (QED) is 0.735. The first-order valence-corrected chi connectivity index (χ1v) is 5.01. The van der Waals surface area contributed by atoms with Crippen molar-refractivity contribution in [3.8, 4) is 0 Å². The summed E-state index contributed by atoms with van der Waals surface area (Å²) >= 11 is 4.99. The predicted octanol–water partition coefficient (Wildman–Crippen LogP) is 1.23. The van der Waals surface area contributed by atoms with E-state index in [0.717, 1.165) is 11.3 Å². The Hall–Kier alpha value is -1.30. The molecule has 6 heteroatoms. The number of fused-ring (bicyclic) bond motifs is 1. The lowest BCUT2D eigenvalue weighted by atomic mass is 10.6. The van der Waals surface area contributed by atoms with Gasteiger partial charge in [-0.05, 0) is 26.1 Å². The van der Waals surface area contributed by atoms with Crippen molar-refractivity contribution in [3.05, 3.63) is 15.3 Å². The Morgan fingerprint density at radius 1 is 1.14 bits per heavy atom. The number of hydrogen-bond donors (Lipinski definition) is 2. The first-order valence-electron chi connectivity index (χ1n) is 4.60. The van der Waals surface area contributed by atoms with Gasteiger partial charge in [-0.25, -0.2) is 4.79 Å². The van der Waals surface area contributed by atoms with Gasteiger partial charge in [-0.2, -0.15) is 0 Å². The van der Waals surface area contributed by atoms with Crippen molar-refractivity contribution in [2.75, 3.05) is 0 Å². The number of H-pyrrole nitrogens is 2. The molecule has 2 heterocycles. The van der Waals surface area contributed by atoms with Crippen LogP contribution < -0.4 is 5.69 Å². The van der Waals surface area contributed by atoms with Gasteiger partial charge in [0.1, 0.15) is 0 Å². The van der Waals surface area contributed by atoms with E-state index in [-0.39, 0.29) is 5.69 Å². The van der Waals surface area contributed by atoms with E-state index in [1.165, 1.54) is 0 Å². The standard InChI is InChI=1S/C8H12N4OS/c1-3-11-5-6(10-7(14)9-5)12(4-2)8(11)13/h3-4H2,1-2H3,(H2,9,10,14). The van der Waals surface area contributed by atoms with Crippen molar-refractivity contribution in [1.82, 2.24) is 19.1 Å². The molecule has 0 atom stereocenters. The van der Waals surface area contributed by atoms with Gasteiger partial charge in [-0.3, -0.25) is 9.13 Å². The topological polar surface area (TPSA) is 58.5 Å². The van der Waals surface area contributed by atoms with Crippen molar-refractivity contribution in [3.63, 3.8) is 0 Å². The molecule has 14 heavy (non-hydrogen) atoms. The third-order valence-corrected chi connectivity index (χ3v) is 2.53. The number of rotatable bonds is 2. The fourth-order valence-corrected chi connectivity index (χ4v) is 1.87. The highest BCUT2D eigenvalue weighted by atomic mass is 32.1. The fraction of sp³-hybridized carbons (Fsp3) is 0.500. The predicted molar refractivity (Wildman–Crippen MR) is 57.1 cm³/mol. The van der Waals surface area contributed by atoms with Gasteiger partial charge in [0.25, 0.3) is 0 Å². The van der Waals surface area contributed by atoms with Gasteiger partial charge in [0.05, 0.1) is 0 Å². The highest BCUT2D eigenvalue weighted by molar-refractivity contribution is 7.71. The first kappa shape index (κ1) is 9.26. The van der Waals surface area contributed by atoms with Gasteiger partial charge in [-0.1, -0.05) is 0 Å². The zero-order valence-electron chi connectivity index (χ0n) is 8.13. The number of aromatic amines is 2. The number of nitrogens with zero attached hydrogens (tertiary/aromatic N) is 2. The summed E-state index contributed by atoms with van der Waals surface area (Å²) in [5.41, 5.74) is 1.57. The molecule has 0 fully saturated rings. The van der Waals surface area contributed by atoms with Crippen LogP contribution in [0.25, 0.3) is 11.3 Å². The Labute approximate surface area is 85.4 Å². The molecule has 0 spiro atoms. The van der Waals surface area contributed by atoms with Crippen LogP contribution in [-0.2, 0) is 13.1 Å². The van der Waals surface area contributed by atoms with E-state index in [2.05, 4.69) is 9.97 Å². The van der Waals surface area contributed by atoms with Crippen LogP contribution >= 0.6 is 12.2 Å². The zero-order valence-corrected chi connectivity index (χ0v) is 8.94. The average Bonchev–Trinajstić information content (AvgIpc) is 2.59. The Morgan fingerprint density at radius 2 is 1.57 bits per heavy atom. The molecule has 76 valence electrons. The number of aryl methyl sites for hydroxylation is 2. The number of imidazole rings is 2. The molecule has 0 amide bonds. The maximum absolute atomic E-state index is 11.8. The van der Waals surface area contributed by atoms with Crippen LogP contribution in [0.2, 0.25) is 0 Å². The minimum absolute atomic E-state index is 0.00231. The smallest absolute Gasteiger partial charge is 0.315 e.